The summed E-state index contributed by atoms with van der Waals surface area (Å²) < 4.78 is 25.4. The zero-order valence-corrected chi connectivity index (χ0v) is 13.0. The normalized spacial score (nSPS) is 12.2. The van der Waals surface area contributed by atoms with Gasteiger partial charge >= 0.3 is 5.97 Å². The minimum absolute atomic E-state index is 0.0497. The van der Waals surface area contributed by atoms with Crippen LogP contribution in [0.4, 0.5) is 8.78 Å². The first-order valence-electron chi connectivity index (χ1n) is 6.35. The number of hydrogen-bond acceptors (Lipinski definition) is 2. The number of aliphatic carboxylic acids is 1. The van der Waals surface area contributed by atoms with Crippen LogP contribution in [0.15, 0.2) is 22.7 Å². The second kappa shape index (κ2) is 8.07. The number of nitrogens with one attached hydrogen (secondary N) is 1. The van der Waals surface area contributed by atoms with E-state index in [1.807, 2.05) is 25.1 Å². The molecule has 1 atom stereocenters. The standard InChI is InChI=1S/C14H16BrF2NO3/c1-8-6-9(2-4-10(8)15)3-5-13(19)18-11(14(20)21)7-12(16)17/h2,4,6,11-12H,3,5,7H2,1H3,(H,18,19)(H,20,21). The number of benzene rings is 1. The van der Waals surface area contributed by atoms with Crippen LogP contribution >= 0.6 is 15.9 Å². The van der Waals surface area contributed by atoms with E-state index in [0.29, 0.717) is 6.42 Å². The van der Waals surface area contributed by atoms with E-state index in [0.717, 1.165) is 15.6 Å². The number of rotatable bonds is 7. The molecule has 21 heavy (non-hydrogen) atoms. The van der Waals surface area contributed by atoms with Gasteiger partial charge in [-0.2, -0.15) is 0 Å². The number of carbonyl (C=O) groups excluding carboxylic acids is 1. The molecule has 1 aromatic rings. The molecule has 1 aromatic carbocycles. The van der Waals surface area contributed by atoms with Gasteiger partial charge in [0.1, 0.15) is 6.04 Å². The molecule has 1 unspecified atom stereocenters. The van der Waals surface area contributed by atoms with Crippen molar-refractivity contribution in [3.05, 3.63) is 33.8 Å². The van der Waals surface area contributed by atoms with Crippen molar-refractivity contribution < 1.29 is 23.5 Å². The number of carbonyl (C=O) groups is 2. The summed E-state index contributed by atoms with van der Waals surface area (Å²) in [6, 6.07) is 4.06. The lowest BCUT2D eigenvalue weighted by Gasteiger charge is -2.14. The van der Waals surface area contributed by atoms with E-state index in [1.54, 1.807) is 0 Å². The number of carboxylic acid groups (broad SMARTS) is 1. The molecule has 0 aromatic heterocycles. The molecule has 1 amide bonds. The Labute approximate surface area is 129 Å². The van der Waals surface area contributed by atoms with Crippen molar-refractivity contribution in [1.29, 1.82) is 0 Å². The third kappa shape index (κ3) is 6.20. The summed E-state index contributed by atoms with van der Waals surface area (Å²) in [5, 5.41) is 10.9. The van der Waals surface area contributed by atoms with Gasteiger partial charge in [-0.3, -0.25) is 4.79 Å². The Morgan fingerprint density at radius 2 is 2.05 bits per heavy atom. The number of aryl methyl sites for hydroxylation is 2. The smallest absolute Gasteiger partial charge is 0.326 e. The molecule has 2 N–H and O–H groups in total. The monoisotopic (exact) mass is 363 g/mol. The quantitative estimate of drug-likeness (QED) is 0.782. The number of carboxylic acids is 1. The summed E-state index contributed by atoms with van der Waals surface area (Å²) in [6.45, 7) is 1.91. The lowest BCUT2D eigenvalue weighted by atomic mass is 10.1. The Morgan fingerprint density at radius 3 is 2.57 bits per heavy atom. The van der Waals surface area contributed by atoms with Gasteiger partial charge in [0.15, 0.2) is 0 Å². The molecular weight excluding hydrogens is 348 g/mol. The van der Waals surface area contributed by atoms with Crippen LogP contribution in [-0.4, -0.2) is 29.5 Å². The molecule has 0 aliphatic heterocycles. The van der Waals surface area contributed by atoms with E-state index in [2.05, 4.69) is 21.2 Å². The average Bonchev–Trinajstić information content (AvgIpc) is 2.38. The topological polar surface area (TPSA) is 66.4 Å². The predicted octanol–water partition coefficient (Wildman–Crippen LogP) is 2.91. The van der Waals surface area contributed by atoms with E-state index in [1.165, 1.54) is 0 Å². The number of amides is 1. The van der Waals surface area contributed by atoms with Crippen molar-refractivity contribution in [3.8, 4) is 0 Å². The molecule has 4 nitrogen and oxygen atoms in total. The second-order valence-electron chi connectivity index (χ2n) is 4.67. The SMILES string of the molecule is Cc1cc(CCC(=O)NC(CC(F)F)C(=O)O)ccc1Br. The summed E-state index contributed by atoms with van der Waals surface area (Å²) in [4.78, 5) is 22.4. The maximum atomic E-state index is 12.2. The first-order valence-corrected chi connectivity index (χ1v) is 7.14. The van der Waals surface area contributed by atoms with Crippen molar-refractivity contribution in [3.63, 3.8) is 0 Å². The van der Waals surface area contributed by atoms with Crippen molar-refractivity contribution >= 4 is 27.8 Å². The summed E-state index contributed by atoms with van der Waals surface area (Å²) in [5.74, 6) is -2.01. The van der Waals surface area contributed by atoms with Gasteiger partial charge in [-0.1, -0.05) is 28.1 Å². The van der Waals surface area contributed by atoms with Crippen molar-refractivity contribution in [1.82, 2.24) is 5.32 Å². The summed E-state index contributed by atoms with van der Waals surface area (Å²) in [7, 11) is 0. The molecule has 116 valence electrons. The summed E-state index contributed by atoms with van der Waals surface area (Å²) in [5.41, 5.74) is 1.95. The summed E-state index contributed by atoms with van der Waals surface area (Å²) in [6.07, 6.45) is -3.20. The van der Waals surface area contributed by atoms with Gasteiger partial charge < -0.3 is 10.4 Å². The Bertz CT molecular complexity index is 523. The predicted molar refractivity (Wildman–Crippen MR) is 77.4 cm³/mol. The Kier molecular flexibility index (Phi) is 6.74. The molecular formula is C14H16BrF2NO3. The van der Waals surface area contributed by atoms with Crippen molar-refractivity contribution in [2.75, 3.05) is 0 Å². The van der Waals surface area contributed by atoms with Crippen LogP contribution in [0.2, 0.25) is 0 Å². The van der Waals surface area contributed by atoms with Crippen LogP contribution in [0.1, 0.15) is 24.0 Å². The maximum absolute atomic E-state index is 12.2. The van der Waals surface area contributed by atoms with Gasteiger partial charge in [-0.25, -0.2) is 13.6 Å². The fourth-order valence-electron chi connectivity index (χ4n) is 1.79. The van der Waals surface area contributed by atoms with Crippen LogP contribution in [0.3, 0.4) is 0 Å². The maximum Gasteiger partial charge on any atom is 0.326 e. The molecule has 0 aliphatic carbocycles. The van der Waals surface area contributed by atoms with Gasteiger partial charge in [0.25, 0.3) is 0 Å². The Balaban J connectivity index is 2.52. The highest BCUT2D eigenvalue weighted by Gasteiger charge is 2.23. The first-order chi connectivity index (χ1) is 9.79. The minimum Gasteiger partial charge on any atom is -0.480 e. The number of hydrogen-bond donors (Lipinski definition) is 2. The fraction of sp³-hybridized carbons (Fsp3) is 0.429. The largest absolute Gasteiger partial charge is 0.480 e. The van der Waals surface area contributed by atoms with Crippen LogP contribution in [0.5, 0.6) is 0 Å². The zero-order valence-electron chi connectivity index (χ0n) is 11.4. The molecule has 0 bridgehead atoms. The van der Waals surface area contributed by atoms with Gasteiger partial charge in [-0.05, 0) is 30.5 Å². The number of halogens is 3. The molecule has 0 heterocycles. The van der Waals surface area contributed by atoms with Crippen molar-refractivity contribution in [2.24, 2.45) is 0 Å². The third-order valence-electron chi connectivity index (χ3n) is 2.91. The lowest BCUT2D eigenvalue weighted by molar-refractivity contribution is -0.143. The van der Waals surface area contributed by atoms with Gasteiger partial charge in [0.2, 0.25) is 12.3 Å². The molecule has 0 saturated carbocycles. The van der Waals surface area contributed by atoms with Gasteiger partial charge in [-0.15, -0.1) is 0 Å². The van der Waals surface area contributed by atoms with Crippen LogP contribution < -0.4 is 5.32 Å². The third-order valence-corrected chi connectivity index (χ3v) is 3.80. The van der Waals surface area contributed by atoms with Gasteiger partial charge in [0.05, 0.1) is 0 Å². The molecule has 0 aliphatic rings. The highest BCUT2D eigenvalue weighted by molar-refractivity contribution is 9.10. The second-order valence-corrected chi connectivity index (χ2v) is 5.52. The van der Waals surface area contributed by atoms with Crippen LogP contribution in [-0.2, 0) is 16.0 Å². The molecule has 0 radical (unpaired) electrons. The lowest BCUT2D eigenvalue weighted by Crippen LogP contribution is -2.42. The molecule has 1 rings (SSSR count). The van der Waals surface area contributed by atoms with E-state index in [-0.39, 0.29) is 6.42 Å². The van der Waals surface area contributed by atoms with E-state index in [9.17, 15) is 18.4 Å². The molecule has 0 fully saturated rings. The Morgan fingerprint density at radius 1 is 1.38 bits per heavy atom. The van der Waals surface area contributed by atoms with Crippen LogP contribution in [0.25, 0.3) is 0 Å². The van der Waals surface area contributed by atoms with Crippen LogP contribution in [0, 0.1) is 6.92 Å². The van der Waals surface area contributed by atoms with E-state index >= 15 is 0 Å². The van der Waals surface area contributed by atoms with Gasteiger partial charge in [0, 0.05) is 17.3 Å². The highest BCUT2D eigenvalue weighted by atomic mass is 79.9. The highest BCUT2D eigenvalue weighted by Crippen LogP contribution is 2.18. The number of alkyl halides is 2. The fourth-order valence-corrected chi connectivity index (χ4v) is 2.03. The van der Waals surface area contributed by atoms with E-state index in [4.69, 9.17) is 5.11 Å². The molecule has 7 heteroatoms. The van der Waals surface area contributed by atoms with Crippen molar-refractivity contribution in [2.45, 2.75) is 38.7 Å². The first kappa shape index (κ1) is 17.6. The average molecular weight is 364 g/mol. The zero-order chi connectivity index (χ0) is 16.0. The van der Waals surface area contributed by atoms with E-state index < -0.39 is 30.8 Å². The minimum atomic E-state index is -2.78. The molecule has 0 saturated heterocycles. The summed E-state index contributed by atoms with van der Waals surface area (Å²) >= 11 is 3.37. The Hall–Kier alpha value is -1.50. The molecule has 0 spiro atoms.